The zero-order valence-corrected chi connectivity index (χ0v) is 18.4. The highest BCUT2D eigenvalue weighted by Gasteiger charge is 2.37. The fourth-order valence-corrected chi connectivity index (χ4v) is 3.83. The molecule has 0 bridgehead atoms. The lowest BCUT2D eigenvalue weighted by Crippen LogP contribution is -2.52. The molecule has 2 atom stereocenters. The number of amides is 2. The first-order chi connectivity index (χ1) is 16.5. The average molecular weight is 464 g/mol. The number of anilines is 1. The molecule has 0 aromatic heterocycles. The fraction of sp³-hybridized carbons (Fsp3) is 0.231. The van der Waals surface area contributed by atoms with Gasteiger partial charge in [0.05, 0.1) is 12.6 Å². The molecule has 1 heterocycles. The topological polar surface area (TPSA) is 88.1 Å². The minimum absolute atomic E-state index is 0.120. The molecule has 0 saturated carbocycles. The molecule has 1 fully saturated rings. The lowest BCUT2D eigenvalue weighted by atomic mass is 9.98. The second kappa shape index (κ2) is 10.9. The van der Waals surface area contributed by atoms with E-state index in [1.165, 1.54) is 12.1 Å². The molecule has 3 aromatic carbocycles. The number of halogens is 1. The van der Waals surface area contributed by atoms with Crippen LogP contribution in [-0.2, 0) is 20.9 Å². The van der Waals surface area contributed by atoms with Gasteiger partial charge in [-0.05, 0) is 47.5 Å². The van der Waals surface area contributed by atoms with Crippen LogP contribution in [0.15, 0.2) is 78.9 Å². The van der Waals surface area contributed by atoms with Crippen molar-refractivity contribution in [2.24, 2.45) is 0 Å². The molecular formula is C26H25FN2O5. The van der Waals surface area contributed by atoms with Gasteiger partial charge < -0.3 is 24.8 Å². The molecule has 2 N–H and O–H groups in total. The second-order valence-electron chi connectivity index (χ2n) is 7.90. The first-order valence-electron chi connectivity index (χ1n) is 10.9. The van der Waals surface area contributed by atoms with Gasteiger partial charge in [-0.2, -0.15) is 0 Å². The molecule has 3 aromatic rings. The summed E-state index contributed by atoms with van der Waals surface area (Å²) in [6.45, 7) is -0.311. The molecule has 34 heavy (non-hydrogen) atoms. The van der Waals surface area contributed by atoms with Gasteiger partial charge in [-0.3, -0.25) is 9.59 Å². The Hall–Kier alpha value is -3.75. The van der Waals surface area contributed by atoms with Gasteiger partial charge in [0.15, 0.2) is 6.61 Å². The molecule has 4 rings (SSSR count). The minimum atomic E-state index is -0.606. The third-order valence-electron chi connectivity index (χ3n) is 5.55. The maximum absolute atomic E-state index is 13.2. The van der Waals surface area contributed by atoms with Gasteiger partial charge in [-0.1, -0.05) is 42.5 Å². The Bertz CT molecular complexity index is 1110. The highest BCUT2D eigenvalue weighted by atomic mass is 19.1. The minimum Gasteiger partial charge on any atom is -0.484 e. The van der Waals surface area contributed by atoms with E-state index in [2.05, 4.69) is 5.32 Å². The van der Waals surface area contributed by atoms with E-state index in [-0.39, 0.29) is 44.0 Å². The first kappa shape index (κ1) is 23.4. The molecule has 1 aliphatic rings. The van der Waals surface area contributed by atoms with Gasteiger partial charge in [0.25, 0.3) is 5.91 Å². The number of ether oxygens (including phenoxy) is 2. The molecule has 2 amide bonds. The number of aliphatic hydroxyl groups excluding tert-OH is 1. The van der Waals surface area contributed by atoms with Crippen molar-refractivity contribution >= 4 is 17.5 Å². The highest BCUT2D eigenvalue weighted by Crippen LogP contribution is 2.31. The molecule has 1 saturated heterocycles. The van der Waals surface area contributed by atoms with Crippen LogP contribution in [0.3, 0.4) is 0 Å². The Labute approximate surface area is 196 Å². The molecule has 176 valence electrons. The maximum atomic E-state index is 13.2. The van der Waals surface area contributed by atoms with Gasteiger partial charge in [0, 0.05) is 12.2 Å². The monoisotopic (exact) mass is 464 g/mol. The Balaban J connectivity index is 1.39. The summed E-state index contributed by atoms with van der Waals surface area (Å²) in [7, 11) is 0. The Morgan fingerprint density at radius 3 is 2.44 bits per heavy atom. The van der Waals surface area contributed by atoms with E-state index in [0.29, 0.717) is 11.4 Å². The Morgan fingerprint density at radius 2 is 1.76 bits per heavy atom. The molecule has 7 nitrogen and oxygen atoms in total. The number of morpholine rings is 1. The number of carbonyl (C=O) groups is 2. The number of para-hydroxylation sites is 1. The number of carbonyl (C=O) groups excluding carboxylic acids is 2. The van der Waals surface area contributed by atoms with E-state index in [1.807, 2.05) is 18.2 Å². The normalized spacial score (nSPS) is 17.9. The molecule has 0 spiro atoms. The zero-order valence-electron chi connectivity index (χ0n) is 18.4. The van der Waals surface area contributed by atoms with Crippen LogP contribution in [0.5, 0.6) is 5.75 Å². The smallest absolute Gasteiger partial charge is 0.262 e. The number of hydrogen-bond acceptors (Lipinski definition) is 5. The summed E-state index contributed by atoms with van der Waals surface area (Å²) in [6.07, 6.45) is -0.547. The molecule has 0 aliphatic carbocycles. The van der Waals surface area contributed by atoms with Crippen molar-refractivity contribution in [3.05, 3.63) is 95.8 Å². The molecule has 2 unspecified atom stereocenters. The van der Waals surface area contributed by atoms with E-state index in [4.69, 9.17) is 9.47 Å². The summed E-state index contributed by atoms with van der Waals surface area (Å²) in [4.78, 5) is 26.2. The van der Waals surface area contributed by atoms with Gasteiger partial charge in [0.2, 0.25) is 5.91 Å². The summed E-state index contributed by atoms with van der Waals surface area (Å²) in [5.41, 5.74) is 2.10. The van der Waals surface area contributed by atoms with Gasteiger partial charge in [-0.15, -0.1) is 0 Å². The molecule has 1 aliphatic heterocycles. The predicted molar refractivity (Wildman–Crippen MR) is 124 cm³/mol. The number of nitrogens with one attached hydrogen (secondary N) is 1. The molecule has 0 radical (unpaired) electrons. The average Bonchev–Trinajstić information content (AvgIpc) is 2.86. The van der Waals surface area contributed by atoms with Crippen molar-refractivity contribution in [1.82, 2.24) is 4.90 Å². The SMILES string of the molecule is O=C(COc1ccccc1)Nc1ccc(C2OCC(=O)N(Cc3ccc(F)cc3)C2CO)cc1. The molecule has 8 heteroatoms. The van der Waals surface area contributed by atoms with Crippen molar-refractivity contribution in [3.63, 3.8) is 0 Å². The fourth-order valence-electron chi connectivity index (χ4n) is 3.83. The maximum Gasteiger partial charge on any atom is 0.262 e. The van der Waals surface area contributed by atoms with Crippen molar-refractivity contribution in [3.8, 4) is 5.75 Å². The third-order valence-corrected chi connectivity index (χ3v) is 5.55. The van der Waals surface area contributed by atoms with Crippen molar-refractivity contribution in [2.75, 3.05) is 25.1 Å². The Morgan fingerprint density at radius 1 is 1.06 bits per heavy atom. The van der Waals surface area contributed by atoms with Gasteiger partial charge in [0.1, 0.15) is 24.3 Å². The first-order valence-corrected chi connectivity index (χ1v) is 10.9. The van der Waals surface area contributed by atoms with E-state index < -0.39 is 12.1 Å². The van der Waals surface area contributed by atoms with Crippen LogP contribution in [0, 0.1) is 5.82 Å². The Kier molecular flexibility index (Phi) is 7.51. The third kappa shape index (κ3) is 5.78. The van der Waals surface area contributed by atoms with E-state index in [1.54, 1.807) is 53.4 Å². The van der Waals surface area contributed by atoms with Crippen LogP contribution in [0.25, 0.3) is 0 Å². The van der Waals surface area contributed by atoms with E-state index in [0.717, 1.165) is 11.1 Å². The lowest BCUT2D eigenvalue weighted by Gasteiger charge is -2.40. The van der Waals surface area contributed by atoms with Gasteiger partial charge in [-0.25, -0.2) is 4.39 Å². The number of benzene rings is 3. The van der Waals surface area contributed by atoms with Crippen LogP contribution < -0.4 is 10.1 Å². The number of rotatable bonds is 8. The standard InChI is InChI=1S/C26H25FN2O5/c27-20-10-6-18(7-11-20)14-29-23(15-30)26(34-17-25(29)32)19-8-12-21(13-9-19)28-24(31)16-33-22-4-2-1-3-5-22/h1-13,23,26,30H,14-17H2,(H,28,31). The van der Waals surface area contributed by atoms with Crippen molar-refractivity contribution in [2.45, 2.75) is 18.7 Å². The van der Waals surface area contributed by atoms with E-state index >= 15 is 0 Å². The zero-order chi connectivity index (χ0) is 23.9. The summed E-state index contributed by atoms with van der Waals surface area (Å²) < 4.78 is 24.4. The van der Waals surface area contributed by atoms with Crippen LogP contribution >= 0.6 is 0 Å². The van der Waals surface area contributed by atoms with Crippen LogP contribution in [0.4, 0.5) is 10.1 Å². The summed E-state index contributed by atoms with van der Waals surface area (Å²) in [5.74, 6) is -0.290. The largest absolute Gasteiger partial charge is 0.484 e. The summed E-state index contributed by atoms with van der Waals surface area (Å²) in [6, 6.07) is 21.4. The quantitative estimate of drug-likeness (QED) is 0.534. The van der Waals surface area contributed by atoms with Crippen LogP contribution in [0.1, 0.15) is 17.2 Å². The second-order valence-corrected chi connectivity index (χ2v) is 7.90. The van der Waals surface area contributed by atoms with Crippen molar-refractivity contribution < 1.29 is 28.6 Å². The van der Waals surface area contributed by atoms with Crippen LogP contribution in [-0.4, -0.2) is 47.7 Å². The van der Waals surface area contributed by atoms with Crippen LogP contribution in [0.2, 0.25) is 0 Å². The number of hydrogen-bond donors (Lipinski definition) is 2. The summed E-state index contributed by atoms with van der Waals surface area (Å²) in [5, 5.41) is 12.8. The molecular weight excluding hydrogens is 439 g/mol. The number of nitrogens with zero attached hydrogens (tertiary/aromatic N) is 1. The van der Waals surface area contributed by atoms with Crippen molar-refractivity contribution in [1.29, 1.82) is 0 Å². The lowest BCUT2D eigenvalue weighted by molar-refractivity contribution is -0.162. The van der Waals surface area contributed by atoms with E-state index in [9.17, 15) is 19.1 Å². The summed E-state index contributed by atoms with van der Waals surface area (Å²) >= 11 is 0. The predicted octanol–water partition coefficient (Wildman–Crippen LogP) is 3.30. The van der Waals surface area contributed by atoms with Gasteiger partial charge >= 0.3 is 0 Å². The highest BCUT2D eigenvalue weighted by molar-refractivity contribution is 5.91. The number of aliphatic hydroxyl groups is 1.